The maximum atomic E-state index is 12.8. The highest BCUT2D eigenvalue weighted by Crippen LogP contribution is 2.17. The lowest BCUT2D eigenvalue weighted by atomic mass is 10.1. The van der Waals surface area contributed by atoms with Crippen molar-refractivity contribution in [2.24, 2.45) is 0 Å². The minimum absolute atomic E-state index is 0.215. The number of rotatable bonds is 4. The molecular formula is C13H18F2N6O. The molecule has 0 bridgehead atoms. The first-order valence-electron chi connectivity index (χ1n) is 6.76. The Balaban J connectivity index is 2.17. The van der Waals surface area contributed by atoms with Crippen molar-refractivity contribution in [3.63, 3.8) is 0 Å². The fourth-order valence-corrected chi connectivity index (χ4v) is 1.78. The van der Waals surface area contributed by atoms with Crippen LogP contribution >= 0.6 is 0 Å². The van der Waals surface area contributed by atoms with E-state index in [9.17, 15) is 13.6 Å². The standard InChI is InChI=1S/C13H18F2N6O/c1-7(12(22)17-13(2,3)4)16-8-5-6-9-18-19-11(10(14)15)21(9)20-8/h5-7,10H,1-4H3,(H,16,20)(H,17,22). The zero-order valence-corrected chi connectivity index (χ0v) is 12.8. The fraction of sp³-hybridized carbons (Fsp3) is 0.538. The maximum Gasteiger partial charge on any atom is 0.299 e. The van der Waals surface area contributed by atoms with Crippen LogP contribution in [0.4, 0.5) is 14.6 Å². The van der Waals surface area contributed by atoms with E-state index in [1.165, 1.54) is 6.07 Å². The summed E-state index contributed by atoms with van der Waals surface area (Å²) in [6, 6.07) is 2.48. The molecule has 0 aliphatic rings. The van der Waals surface area contributed by atoms with Gasteiger partial charge in [-0.3, -0.25) is 4.79 Å². The molecule has 0 spiro atoms. The van der Waals surface area contributed by atoms with Crippen LogP contribution in [-0.2, 0) is 4.79 Å². The van der Waals surface area contributed by atoms with Gasteiger partial charge in [0.2, 0.25) is 11.7 Å². The highest BCUT2D eigenvalue weighted by molar-refractivity contribution is 5.84. The lowest BCUT2D eigenvalue weighted by Gasteiger charge is -2.23. The molecule has 2 rings (SSSR count). The average Bonchev–Trinajstić information content (AvgIpc) is 2.79. The number of aromatic nitrogens is 4. The number of hydrogen-bond donors (Lipinski definition) is 2. The molecule has 0 saturated carbocycles. The van der Waals surface area contributed by atoms with Crippen molar-refractivity contribution in [2.75, 3.05) is 5.32 Å². The molecule has 0 aliphatic carbocycles. The summed E-state index contributed by atoms with van der Waals surface area (Å²) in [5, 5.41) is 16.7. The third-order valence-corrected chi connectivity index (χ3v) is 2.74. The first kappa shape index (κ1) is 16.1. The normalized spacial score (nSPS) is 13.4. The van der Waals surface area contributed by atoms with Crippen molar-refractivity contribution >= 4 is 17.4 Å². The highest BCUT2D eigenvalue weighted by atomic mass is 19.3. The summed E-state index contributed by atoms with van der Waals surface area (Å²) in [4.78, 5) is 12.0. The molecule has 7 nitrogen and oxygen atoms in total. The molecule has 0 fully saturated rings. The predicted octanol–water partition coefficient (Wildman–Crippen LogP) is 1.78. The van der Waals surface area contributed by atoms with Crippen molar-refractivity contribution in [3.8, 4) is 0 Å². The van der Waals surface area contributed by atoms with Crippen LogP contribution in [0.15, 0.2) is 12.1 Å². The van der Waals surface area contributed by atoms with Crippen molar-refractivity contribution in [3.05, 3.63) is 18.0 Å². The Morgan fingerprint density at radius 3 is 2.55 bits per heavy atom. The second kappa shape index (κ2) is 5.82. The molecular weight excluding hydrogens is 294 g/mol. The van der Waals surface area contributed by atoms with Gasteiger partial charge < -0.3 is 10.6 Å². The summed E-state index contributed by atoms with van der Waals surface area (Å²) in [7, 11) is 0. The van der Waals surface area contributed by atoms with E-state index in [1.807, 2.05) is 20.8 Å². The average molecular weight is 312 g/mol. The topological polar surface area (TPSA) is 84.2 Å². The molecule has 1 unspecified atom stereocenters. The summed E-state index contributed by atoms with van der Waals surface area (Å²) in [6.07, 6.45) is -2.78. The second-order valence-electron chi connectivity index (χ2n) is 5.95. The molecule has 2 aromatic rings. The largest absolute Gasteiger partial charge is 0.357 e. The van der Waals surface area contributed by atoms with E-state index >= 15 is 0 Å². The summed E-state index contributed by atoms with van der Waals surface area (Å²) >= 11 is 0. The van der Waals surface area contributed by atoms with Gasteiger partial charge in [0.1, 0.15) is 11.9 Å². The Kier molecular flexibility index (Phi) is 4.25. The van der Waals surface area contributed by atoms with Gasteiger partial charge in [-0.2, -0.15) is 4.52 Å². The number of alkyl halides is 2. The molecule has 0 aromatic carbocycles. The minimum atomic E-state index is -2.78. The number of halogens is 2. The Hall–Kier alpha value is -2.32. The van der Waals surface area contributed by atoms with Gasteiger partial charge in [-0.05, 0) is 39.8 Å². The number of anilines is 1. The van der Waals surface area contributed by atoms with E-state index in [-0.39, 0.29) is 22.9 Å². The number of fused-ring (bicyclic) bond motifs is 1. The zero-order valence-electron chi connectivity index (χ0n) is 12.8. The van der Waals surface area contributed by atoms with Gasteiger partial charge in [-0.1, -0.05) is 0 Å². The summed E-state index contributed by atoms with van der Waals surface area (Å²) in [5.41, 5.74) is -0.144. The van der Waals surface area contributed by atoms with Crippen LogP contribution in [0.2, 0.25) is 0 Å². The third-order valence-electron chi connectivity index (χ3n) is 2.74. The van der Waals surface area contributed by atoms with E-state index in [1.54, 1.807) is 13.0 Å². The van der Waals surface area contributed by atoms with Crippen LogP contribution in [0.3, 0.4) is 0 Å². The van der Waals surface area contributed by atoms with Crippen LogP contribution in [0.1, 0.15) is 39.9 Å². The van der Waals surface area contributed by atoms with Crippen LogP contribution in [0.5, 0.6) is 0 Å². The van der Waals surface area contributed by atoms with Gasteiger partial charge >= 0.3 is 0 Å². The van der Waals surface area contributed by atoms with E-state index in [4.69, 9.17) is 0 Å². The highest BCUT2D eigenvalue weighted by Gasteiger charge is 2.21. The Bertz CT molecular complexity index is 679. The molecule has 2 N–H and O–H groups in total. The molecule has 1 amide bonds. The van der Waals surface area contributed by atoms with Gasteiger partial charge in [-0.25, -0.2) is 8.78 Å². The lowest BCUT2D eigenvalue weighted by molar-refractivity contribution is -0.122. The molecule has 120 valence electrons. The number of hydrogen-bond acceptors (Lipinski definition) is 5. The number of nitrogens with one attached hydrogen (secondary N) is 2. The van der Waals surface area contributed by atoms with Crippen LogP contribution < -0.4 is 10.6 Å². The van der Waals surface area contributed by atoms with Crippen LogP contribution in [-0.4, -0.2) is 37.3 Å². The number of carbonyl (C=O) groups excluding carboxylic acids is 1. The Morgan fingerprint density at radius 2 is 1.95 bits per heavy atom. The molecule has 0 aliphatic heterocycles. The van der Waals surface area contributed by atoms with Crippen molar-refractivity contribution in [1.29, 1.82) is 0 Å². The van der Waals surface area contributed by atoms with Gasteiger partial charge in [0.25, 0.3) is 6.43 Å². The number of amides is 1. The SMILES string of the molecule is CC(Nc1ccc2nnc(C(F)F)n2n1)C(=O)NC(C)(C)C. The first-order valence-corrected chi connectivity index (χ1v) is 6.76. The number of nitrogens with zero attached hydrogens (tertiary/aromatic N) is 4. The van der Waals surface area contributed by atoms with Crippen molar-refractivity contribution in [1.82, 2.24) is 25.1 Å². The molecule has 0 radical (unpaired) electrons. The summed E-state index contributed by atoms with van der Waals surface area (Å²) in [6.45, 7) is 7.27. The third kappa shape index (κ3) is 3.66. The second-order valence-corrected chi connectivity index (χ2v) is 5.95. The Morgan fingerprint density at radius 1 is 1.27 bits per heavy atom. The van der Waals surface area contributed by atoms with Crippen LogP contribution in [0, 0.1) is 0 Å². The van der Waals surface area contributed by atoms with E-state index < -0.39 is 18.3 Å². The molecule has 9 heteroatoms. The number of carbonyl (C=O) groups is 1. The first-order chi connectivity index (χ1) is 10.2. The lowest BCUT2D eigenvalue weighted by Crippen LogP contribution is -2.47. The minimum Gasteiger partial charge on any atom is -0.357 e. The van der Waals surface area contributed by atoms with E-state index in [0.29, 0.717) is 0 Å². The quantitative estimate of drug-likeness (QED) is 0.899. The zero-order chi connectivity index (χ0) is 16.5. The van der Waals surface area contributed by atoms with Crippen molar-refractivity contribution < 1.29 is 13.6 Å². The smallest absolute Gasteiger partial charge is 0.299 e. The Labute approximate surface area is 126 Å². The van der Waals surface area contributed by atoms with Gasteiger partial charge in [0.15, 0.2) is 5.65 Å². The fourth-order valence-electron chi connectivity index (χ4n) is 1.78. The molecule has 0 saturated heterocycles. The molecule has 2 heterocycles. The summed E-state index contributed by atoms with van der Waals surface area (Å²) < 4.78 is 26.5. The van der Waals surface area contributed by atoms with E-state index in [2.05, 4.69) is 25.9 Å². The summed E-state index contributed by atoms with van der Waals surface area (Å²) in [5.74, 6) is -0.469. The molecule has 2 aromatic heterocycles. The monoisotopic (exact) mass is 312 g/mol. The van der Waals surface area contributed by atoms with E-state index in [0.717, 1.165) is 4.52 Å². The van der Waals surface area contributed by atoms with Gasteiger partial charge in [0, 0.05) is 5.54 Å². The van der Waals surface area contributed by atoms with Crippen molar-refractivity contribution in [2.45, 2.75) is 45.7 Å². The predicted molar refractivity (Wildman–Crippen MR) is 76.7 cm³/mol. The van der Waals surface area contributed by atoms with Gasteiger partial charge in [-0.15, -0.1) is 15.3 Å². The van der Waals surface area contributed by atoms with Crippen LogP contribution in [0.25, 0.3) is 5.65 Å². The molecule has 22 heavy (non-hydrogen) atoms. The molecule has 1 atom stereocenters. The maximum absolute atomic E-state index is 12.8. The van der Waals surface area contributed by atoms with Gasteiger partial charge in [0.05, 0.1) is 0 Å².